The molecule has 2 saturated heterocycles. The Morgan fingerprint density at radius 1 is 1.24 bits per heavy atom. The minimum Gasteiger partial charge on any atom is -0.484 e. The predicted molar refractivity (Wildman–Crippen MR) is 88.0 cm³/mol. The third-order valence-corrected chi connectivity index (χ3v) is 4.58. The number of benzene rings is 1. The highest BCUT2D eigenvalue weighted by atomic mass is 79.9. The van der Waals surface area contributed by atoms with Crippen molar-refractivity contribution in [3.63, 3.8) is 0 Å². The highest BCUT2D eigenvalue weighted by molar-refractivity contribution is 9.10. The first kappa shape index (κ1) is 16.6. The number of hydrogen-bond acceptors (Lipinski definition) is 3. The van der Waals surface area contributed by atoms with Crippen LogP contribution in [0.1, 0.15) is 19.3 Å². The molecule has 2 fully saturated rings. The van der Waals surface area contributed by atoms with Gasteiger partial charge in [0.05, 0.1) is 0 Å². The minimum atomic E-state index is 0. The van der Waals surface area contributed by atoms with E-state index in [2.05, 4.69) is 21.2 Å². The van der Waals surface area contributed by atoms with E-state index >= 15 is 0 Å². The van der Waals surface area contributed by atoms with E-state index in [1.54, 1.807) is 0 Å². The standard InChI is InChI=1S/C15H19BrN2O2.ClH/c16-11-1-5-14(6-2-11)20-10-15(19)18-8-7-12-3-4-13(9-18)17-12;/h1-2,5-6,12-13,17H,3-4,7-10H2;1H. The van der Waals surface area contributed by atoms with E-state index in [0.717, 1.165) is 29.7 Å². The lowest BCUT2D eigenvalue weighted by molar-refractivity contribution is -0.133. The van der Waals surface area contributed by atoms with Crippen LogP contribution in [-0.4, -0.2) is 42.6 Å². The largest absolute Gasteiger partial charge is 0.484 e. The van der Waals surface area contributed by atoms with Crippen LogP contribution in [0.3, 0.4) is 0 Å². The molecule has 2 heterocycles. The third-order valence-electron chi connectivity index (χ3n) is 4.05. The van der Waals surface area contributed by atoms with Crippen molar-refractivity contribution in [2.24, 2.45) is 0 Å². The lowest BCUT2D eigenvalue weighted by Gasteiger charge is -2.24. The van der Waals surface area contributed by atoms with Crippen LogP contribution < -0.4 is 10.1 Å². The maximum absolute atomic E-state index is 12.2. The van der Waals surface area contributed by atoms with Gasteiger partial charge in [-0.1, -0.05) is 15.9 Å². The Morgan fingerprint density at radius 2 is 1.95 bits per heavy atom. The maximum atomic E-state index is 12.2. The van der Waals surface area contributed by atoms with Gasteiger partial charge < -0.3 is 15.0 Å². The molecule has 1 N–H and O–H groups in total. The lowest BCUT2D eigenvalue weighted by atomic mass is 10.1. The summed E-state index contributed by atoms with van der Waals surface area (Å²) >= 11 is 3.38. The Labute approximate surface area is 139 Å². The van der Waals surface area contributed by atoms with Gasteiger partial charge in [-0.15, -0.1) is 12.4 Å². The number of hydrogen-bond donors (Lipinski definition) is 1. The highest BCUT2D eigenvalue weighted by Gasteiger charge is 2.31. The minimum absolute atomic E-state index is 0. The number of fused-ring (bicyclic) bond motifs is 2. The SMILES string of the molecule is Cl.O=C(COc1ccc(Br)cc1)N1CCC2CCC(C1)N2. The van der Waals surface area contributed by atoms with E-state index in [4.69, 9.17) is 4.74 Å². The number of halogens is 2. The smallest absolute Gasteiger partial charge is 0.260 e. The zero-order valence-corrected chi connectivity index (χ0v) is 14.2. The summed E-state index contributed by atoms with van der Waals surface area (Å²) in [6.07, 6.45) is 3.49. The van der Waals surface area contributed by atoms with Crippen molar-refractivity contribution < 1.29 is 9.53 Å². The molecule has 2 aliphatic heterocycles. The van der Waals surface area contributed by atoms with Crippen molar-refractivity contribution in [2.75, 3.05) is 19.7 Å². The molecule has 2 atom stereocenters. The molecule has 0 aliphatic carbocycles. The first-order valence-corrected chi connectivity index (χ1v) is 7.92. The number of ether oxygens (including phenoxy) is 1. The summed E-state index contributed by atoms with van der Waals surface area (Å²) in [6.45, 7) is 1.79. The number of nitrogens with one attached hydrogen (secondary N) is 1. The van der Waals surface area contributed by atoms with E-state index in [0.29, 0.717) is 12.1 Å². The summed E-state index contributed by atoms with van der Waals surface area (Å²) in [5.41, 5.74) is 0. The van der Waals surface area contributed by atoms with Crippen molar-refractivity contribution in [3.05, 3.63) is 28.7 Å². The van der Waals surface area contributed by atoms with Crippen molar-refractivity contribution in [1.82, 2.24) is 10.2 Å². The van der Waals surface area contributed by atoms with E-state index in [-0.39, 0.29) is 24.9 Å². The topological polar surface area (TPSA) is 41.6 Å². The first-order valence-electron chi connectivity index (χ1n) is 7.13. The van der Waals surface area contributed by atoms with Crippen LogP contribution in [0.15, 0.2) is 28.7 Å². The van der Waals surface area contributed by atoms with Crippen LogP contribution >= 0.6 is 28.3 Å². The third kappa shape index (κ3) is 4.34. The first-order chi connectivity index (χ1) is 9.70. The molecule has 1 amide bonds. The second kappa shape index (κ2) is 7.47. The zero-order chi connectivity index (χ0) is 13.9. The van der Waals surface area contributed by atoms with Gasteiger partial charge in [0.2, 0.25) is 0 Å². The molecule has 2 bridgehead atoms. The normalized spacial score (nSPS) is 24.1. The zero-order valence-electron chi connectivity index (χ0n) is 11.8. The molecule has 3 rings (SSSR count). The predicted octanol–water partition coefficient (Wildman–Crippen LogP) is 2.60. The summed E-state index contributed by atoms with van der Waals surface area (Å²) in [7, 11) is 0. The Kier molecular flexibility index (Phi) is 5.90. The Hall–Kier alpha value is -0.780. The molecule has 2 aliphatic rings. The second-order valence-corrected chi connectivity index (χ2v) is 6.42. The van der Waals surface area contributed by atoms with Gasteiger partial charge in [0.1, 0.15) is 5.75 Å². The molecule has 0 saturated carbocycles. The van der Waals surface area contributed by atoms with Crippen molar-refractivity contribution in [1.29, 1.82) is 0 Å². The summed E-state index contributed by atoms with van der Waals surface area (Å²) < 4.78 is 6.57. The maximum Gasteiger partial charge on any atom is 0.260 e. The second-order valence-electron chi connectivity index (χ2n) is 5.51. The van der Waals surface area contributed by atoms with Crippen LogP contribution in [-0.2, 0) is 4.79 Å². The van der Waals surface area contributed by atoms with Gasteiger partial charge in [-0.2, -0.15) is 0 Å². The Balaban J connectivity index is 0.00000161. The molecule has 1 aromatic rings. The summed E-state index contributed by atoms with van der Waals surface area (Å²) in [5, 5.41) is 3.58. The van der Waals surface area contributed by atoms with E-state index < -0.39 is 0 Å². The molecular formula is C15H20BrClN2O2. The molecule has 0 radical (unpaired) electrons. The van der Waals surface area contributed by atoms with Crippen molar-refractivity contribution in [3.8, 4) is 5.75 Å². The lowest BCUT2D eigenvalue weighted by Crippen LogP contribution is -2.41. The fourth-order valence-corrected chi connectivity index (χ4v) is 3.20. The molecular weight excluding hydrogens is 356 g/mol. The monoisotopic (exact) mass is 374 g/mol. The van der Waals surface area contributed by atoms with Crippen LogP contribution in [0.2, 0.25) is 0 Å². The fraction of sp³-hybridized carbons (Fsp3) is 0.533. The van der Waals surface area contributed by atoms with Crippen LogP contribution in [0.25, 0.3) is 0 Å². The number of amides is 1. The van der Waals surface area contributed by atoms with Crippen molar-refractivity contribution >= 4 is 34.2 Å². The van der Waals surface area contributed by atoms with E-state index in [1.165, 1.54) is 12.8 Å². The number of carbonyl (C=O) groups is 1. The van der Waals surface area contributed by atoms with Gasteiger partial charge in [-0.3, -0.25) is 4.79 Å². The highest BCUT2D eigenvalue weighted by Crippen LogP contribution is 2.21. The molecule has 4 nitrogen and oxygen atoms in total. The number of rotatable bonds is 3. The number of nitrogens with zero attached hydrogens (tertiary/aromatic N) is 1. The molecule has 1 aromatic carbocycles. The molecule has 0 aromatic heterocycles. The average Bonchev–Trinajstić information content (AvgIpc) is 2.77. The fourth-order valence-electron chi connectivity index (χ4n) is 2.94. The molecule has 0 spiro atoms. The molecule has 116 valence electrons. The van der Waals surface area contributed by atoms with Crippen molar-refractivity contribution in [2.45, 2.75) is 31.3 Å². The Morgan fingerprint density at radius 3 is 2.71 bits per heavy atom. The van der Waals surface area contributed by atoms with E-state index in [1.807, 2.05) is 29.2 Å². The van der Waals surface area contributed by atoms with E-state index in [9.17, 15) is 4.79 Å². The van der Waals surface area contributed by atoms with Gasteiger partial charge in [0, 0.05) is 29.6 Å². The summed E-state index contributed by atoms with van der Waals surface area (Å²) in [6, 6.07) is 8.62. The van der Waals surface area contributed by atoms with Gasteiger partial charge in [0.25, 0.3) is 5.91 Å². The quantitative estimate of drug-likeness (QED) is 0.883. The average molecular weight is 376 g/mol. The number of likely N-dealkylation sites (tertiary alicyclic amines) is 1. The van der Waals surface area contributed by atoms with Gasteiger partial charge in [0.15, 0.2) is 6.61 Å². The summed E-state index contributed by atoms with van der Waals surface area (Å²) in [5.74, 6) is 0.818. The summed E-state index contributed by atoms with van der Waals surface area (Å²) in [4.78, 5) is 14.2. The Bertz CT molecular complexity index is 483. The molecule has 2 unspecified atom stereocenters. The van der Waals surface area contributed by atoms with Gasteiger partial charge in [-0.05, 0) is 43.5 Å². The van der Waals surface area contributed by atoms with Crippen LogP contribution in [0.4, 0.5) is 0 Å². The molecule has 6 heteroatoms. The van der Waals surface area contributed by atoms with Crippen LogP contribution in [0, 0.1) is 0 Å². The van der Waals surface area contributed by atoms with Crippen LogP contribution in [0.5, 0.6) is 5.75 Å². The number of carbonyl (C=O) groups excluding carboxylic acids is 1. The van der Waals surface area contributed by atoms with Gasteiger partial charge >= 0.3 is 0 Å². The molecule has 21 heavy (non-hydrogen) atoms. The van der Waals surface area contributed by atoms with Gasteiger partial charge in [-0.25, -0.2) is 0 Å².